The number of rotatable bonds is 6. The monoisotopic (exact) mass is 324 g/mol. The minimum atomic E-state index is -0.522. The molecule has 4 nitrogen and oxygen atoms in total. The van der Waals surface area contributed by atoms with Crippen molar-refractivity contribution in [3.63, 3.8) is 0 Å². The van der Waals surface area contributed by atoms with E-state index in [0.717, 1.165) is 0 Å². The molecular weight excluding hydrogens is 315 g/mol. The minimum Gasteiger partial charge on any atom is -0.458 e. The van der Waals surface area contributed by atoms with Gasteiger partial charge in [-0.1, -0.05) is 0 Å². The first-order chi connectivity index (χ1) is 10.1. The van der Waals surface area contributed by atoms with Crippen LogP contribution in [0.25, 0.3) is 0 Å². The summed E-state index contributed by atoms with van der Waals surface area (Å²) < 4.78 is 10.7. The van der Waals surface area contributed by atoms with Crippen LogP contribution in [0, 0.1) is 0 Å². The third kappa shape index (κ3) is 4.48. The molecule has 0 fully saturated rings. The molecule has 0 aliphatic rings. The maximum atomic E-state index is 10.9. The first kappa shape index (κ1) is 15.4. The van der Waals surface area contributed by atoms with E-state index in [2.05, 4.69) is 0 Å². The van der Waals surface area contributed by atoms with E-state index in [0.29, 0.717) is 22.6 Å². The minimum absolute atomic E-state index is 0.0116. The molecule has 21 heavy (non-hydrogen) atoms. The summed E-state index contributed by atoms with van der Waals surface area (Å²) in [7, 11) is 0. The van der Waals surface area contributed by atoms with Crippen LogP contribution in [0.15, 0.2) is 48.5 Å². The Kier molecular flexibility index (Phi) is 5.20. The zero-order valence-corrected chi connectivity index (χ0v) is 12.2. The zero-order valence-electron chi connectivity index (χ0n) is 10.7. The zero-order chi connectivity index (χ0) is 15.2. The van der Waals surface area contributed by atoms with Gasteiger partial charge in [0.15, 0.2) is 0 Å². The van der Waals surface area contributed by atoms with Crippen molar-refractivity contribution in [3.05, 3.63) is 59.7 Å². The number of hydrogen-bond acceptors (Lipinski definition) is 4. The van der Waals surface area contributed by atoms with Crippen LogP contribution >= 0.6 is 23.2 Å². The van der Waals surface area contributed by atoms with Gasteiger partial charge in [-0.25, -0.2) is 0 Å². The molecule has 0 amide bonds. The standard InChI is InChI=1S/C15H10Cl2O4/c16-14(18)10-1-5-12(6-2-10)20-9-21-13-7-3-11(4-8-13)15(17)19/h1-8H,9H2. The van der Waals surface area contributed by atoms with Crippen molar-refractivity contribution in [3.8, 4) is 11.5 Å². The van der Waals surface area contributed by atoms with Crippen molar-refractivity contribution >= 4 is 33.7 Å². The van der Waals surface area contributed by atoms with E-state index in [1.54, 1.807) is 48.5 Å². The van der Waals surface area contributed by atoms with E-state index in [9.17, 15) is 9.59 Å². The van der Waals surface area contributed by atoms with Gasteiger partial charge in [0.2, 0.25) is 6.79 Å². The van der Waals surface area contributed by atoms with E-state index < -0.39 is 10.5 Å². The maximum absolute atomic E-state index is 10.9. The molecule has 0 unspecified atom stereocenters. The van der Waals surface area contributed by atoms with Crippen molar-refractivity contribution in [2.75, 3.05) is 6.79 Å². The second-order valence-corrected chi connectivity index (χ2v) is 4.69. The summed E-state index contributed by atoms with van der Waals surface area (Å²) in [6.45, 7) is -0.0116. The van der Waals surface area contributed by atoms with Gasteiger partial charge in [0.25, 0.3) is 10.5 Å². The molecule has 0 saturated carbocycles. The average molecular weight is 325 g/mol. The van der Waals surface area contributed by atoms with Crippen LogP contribution in [0.3, 0.4) is 0 Å². The quantitative estimate of drug-likeness (QED) is 0.598. The molecule has 0 bridgehead atoms. The van der Waals surface area contributed by atoms with E-state index in [1.165, 1.54) is 0 Å². The number of carbonyl (C=O) groups excluding carboxylic acids is 2. The summed E-state index contributed by atoms with van der Waals surface area (Å²) in [4.78, 5) is 21.8. The van der Waals surface area contributed by atoms with Gasteiger partial charge in [0, 0.05) is 11.1 Å². The molecule has 108 valence electrons. The third-order valence-electron chi connectivity index (χ3n) is 2.61. The SMILES string of the molecule is O=C(Cl)c1ccc(OCOc2ccc(C(=O)Cl)cc2)cc1. The molecule has 2 aromatic carbocycles. The lowest BCUT2D eigenvalue weighted by molar-refractivity contribution is 0.107. The average Bonchev–Trinajstić information content (AvgIpc) is 2.48. The van der Waals surface area contributed by atoms with Crippen molar-refractivity contribution < 1.29 is 19.1 Å². The molecule has 2 aromatic rings. The summed E-state index contributed by atoms with van der Waals surface area (Å²) in [5.74, 6) is 1.09. The highest BCUT2D eigenvalue weighted by atomic mass is 35.5. The van der Waals surface area contributed by atoms with Gasteiger partial charge in [0.1, 0.15) is 11.5 Å². The summed E-state index contributed by atoms with van der Waals surface area (Å²) in [6, 6.07) is 12.7. The molecule has 0 N–H and O–H groups in total. The van der Waals surface area contributed by atoms with Gasteiger partial charge in [-0.2, -0.15) is 0 Å². The molecule has 0 heterocycles. The highest BCUT2D eigenvalue weighted by Gasteiger charge is 2.03. The first-order valence-corrected chi connectivity index (χ1v) is 6.67. The lowest BCUT2D eigenvalue weighted by atomic mass is 10.2. The molecule has 2 rings (SSSR count). The van der Waals surface area contributed by atoms with E-state index in [1.807, 2.05) is 0 Å². The molecular formula is C15H10Cl2O4. The fraction of sp³-hybridized carbons (Fsp3) is 0.0667. The Hall–Kier alpha value is -2.04. The van der Waals surface area contributed by atoms with Crippen LogP contribution in [-0.2, 0) is 0 Å². The van der Waals surface area contributed by atoms with E-state index >= 15 is 0 Å². The summed E-state index contributed by atoms with van der Waals surface area (Å²) >= 11 is 10.7. The largest absolute Gasteiger partial charge is 0.458 e. The fourth-order valence-electron chi connectivity index (χ4n) is 1.53. The fourth-order valence-corrected chi connectivity index (χ4v) is 1.78. The highest BCUT2D eigenvalue weighted by molar-refractivity contribution is 6.68. The molecule has 0 saturated heterocycles. The van der Waals surface area contributed by atoms with Gasteiger partial charge in [0.05, 0.1) is 0 Å². The molecule has 6 heteroatoms. The Morgan fingerprint density at radius 2 is 1.05 bits per heavy atom. The Labute approximate surface area is 131 Å². The second-order valence-electron chi connectivity index (χ2n) is 4.00. The predicted octanol–water partition coefficient (Wildman–Crippen LogP) is 3.86. The molecule has 0 aromatic heterocycles. The number of halogens is 2. The number of hydrogen-bond donors (Lipinski definition) is 0. The number of carbonyl (C=O) groups is 2. The van der Waals surface area contributed by atoms with Crippen LogP contribution in [0.2, 0.25) is 0 Å². The van der Waals surface area contributed by atoms with Gasteiger partial charge in [-0.15, -0.1) is 0 Å². The Balaban J connectivity index is 1.86. The summed E-state index contributed by atoms with van der Waals surface area (Å²) in [5, 5.41) is -1.04. The van der Waals surface area contributed by atoms with Crippen LogP contribution < -0.4 is 9.47 Å². The van der Waals surface area contributed by atoms with Crippen molar-refractivity contribution in [1.82, 2.24) is 0 Å². The van der Waals surface area contributed by atoms with E-state index in [4.69, 9.17) is 32.7 Å². The number of benzene rings is 2. The van der Waals surface area contributed by atoms with E-state index in [-0.39, 0.29) is 6.79 Å². The lowest BCUT2D eigenvalue weighted by Crippen LogP contribution is -2.05. The molecule has 0 radical (unpaired) electrons. The highest BCUT2D eigenvalue weighted by Crippen LogP contribution is 2.16. The van der Waals surface area contributed by atoms with Gasteiger partial charge in [-0.05, 0) is 71.7 Å². The Morgan fingerprint density at radius 3 is 1.33 bits per heavy atom. The van der Waals surface area contributed by atoms with Crippen molar-refractivity contribution in [2.24, 2.45) is 0 Å². The van der Waals surface area contributed by atoms with Crippen molar-refractivity contribution in [1.29, 1.82) is 0 Å². The third-order valence-corrected chi connectivity index (χ3v) is 3.05. The molecule has 0 aliphatic carbocycles. The predicted molar refractivity (Wildman–Crippen MR) is 79.4 cm³/mol. The van der Waals surface area contributed by atoms with Gasteiger partial charge < -0.3 is 9.47 Å². The molecule has 0 atom stereocenters. The Morgan fingerprint density at radius 1 is 0.714 bits per heavy atom. The number of ether oxygens (including phenoxy) is 2. The van der Waals surface area contributed by atoms with Gasteiger partial charge in [-0.3, -0.25) is 9.59 Å². The normalized spacial score (nSPS) is 10.0. The van der Waals surface area contributed by atoms with Crippen LogP contribution in [0.1, 0.15) is 20.7 Å². The molecule has 0 spiro atoms. The van der Waals surface area contributed by atoms with Crippen molar-refractivity contribution in [2.45, 2.75) is 0 Å². The van der Waals surface area contributed by atoms with Crippen LogP contribution in [0.5, 0.6) is 11.5 Å². The van der Waals surface area contributed by atoms with Gasteiger partial charge >= 0.3 is 0 Å². The maximum Gasteiger partial charge on any atom is 0.252 e. The first-order valence-electron chi connectivity index (χ1n) is 5.91. The molecule has 0 aliphatic heterocycles. The topological polar surface area (TPSA) is 52.6 Å². The van der Waals surface area contributed by atoms with Crippen LogP contribution in [0.4, 0.5) is 0 Å². The lowest BCUT2D eigenvalue weighted by Gasteiger charge is -2.08. The van der Waals surface area contributed by atoms with Crippen LogP contribution in [-0.4, -0.2) is 17.3 Å². The smallest absolute Gasteiger partial charge is 0.252 e. The summed E-state index contributed by atoms with van der Waals surface area (Å²) in [6.07, 6.45) is 0. The second kappa shape index (κ2) is 7.11. The Bertz CT molecular complexity index is 578. The summed E-state index contributed by atoms with van der Waals surface area (Å²) in [5.41, 5.74) is 0.789.